The largest absolute Gasteiger partial charge is 0.378 e. The van der Waals surface area contributed by atoms with Gasteiger partial charge in [0.1, 0.15) is 0 Å². The van der Waals surface area contributed by atoms with Crippen LogP contribution in [0.2, 0.25) is 5.02 Å². The van der Waals surface area contributed by atoms with Crippen LogP contribution in [-0.2, 0) is 0 Å². The van der Waals surface area contributed by atoms with Crippen LogP contribution >= 0.6 is 27.5 Å². The van der Waals surface area contributed by atoms with Gasteiger partial charge in [0.25, 0.3) is 5.69 Å². The number of rotatable bonds is 4. The summed E-state index contributed by atoms with van der Waals surface area (Å²) in [5.74, 6) is 0. The average Bonchev–Trinajstić information content (AvgIpc) is 2.39. The van der Waals surface area contributed by atoms with Gasteiger partial charge in [-0.15, -0.1) is 0 Å². The summed E-state index contributed by atoms with van der Waals surface area (Å²) >= 11 is 9.56. The third kappa shape index (κ3) is 3.49. The molecule has 20 heavy (non-hydrogen) atoms. The van der Waals surface area contributed by atoms with Crippen molar-refractivity contribution in [2.45, 2.75) is 13.0 Å². The van der Waals surface area contributed by atoms with Crippen LogP contribution in [0.3, 0.4) is 0 Å². The van der Waals surface area contributed by atoms with Gasteiger partial charge in [-0.3, -0.25) is 10.1 Å². The zero-order valence-corrected chi connectivity index (χ0v) is 13.0. The highest BCUT2D eigenvalue weighted by atomic mass is 79.9. The molecule has 6 heteroatoms. The number of nitrogens with zero attached hydrogens (tertiary/aromatic N) is 1. The lowest BCUT2D eigenvalue weighted by Gasteiger charge is -2.17. The van der Waals surface area contributed by atoms with Crippen LogP contribution in [-0.4, -0.2) is 4.92 Å². The molecule has 1 atom stereocenters. The maximum absolute atomic E-state index is 10.6. The van der Waals surface area contributed by atoms with E-state index in [2.05, 4.69) is 21.2 Å². The van der Waals surface area contributed by atoms with Crippen molar-refractivity contribution in [3.05, 3.63) is 67.6 Å². The number of nitro benzene ring substituents is 1. The summed E-state index contributed by atoms with van der Waals surface area (Å²) in [6.07, 6.45) is 0. The molecule has 0 spiro atoms. The Kier molecular flexibility index (Phi) is 4.62. The molecule has 1 unspecified atom stereocenters. The Balaban J connectivity index is 2.14. The first-order chi connectivity index (χ1) is 9.47. The molecule has 0 saturated heterocycles. The minimum absolute atomic E-state index is 0.00273. The SMILES string of the molecule is CC(Nc1ccc([N+](=O)[O-])cc1)c1ccc(Br)cc1Cl. The summed E-state index contributed by atoms with van der Waals surface area (Å²) in [6.45, 7) is 1.98. The van der Waals surface area contributed by atoms with Crippen LogP contribution in [0.5, 0.6) is 0 Å². The first kappa shape index (κ1) is 14.8. The lowest BCUT2D eigenvalue weighted by Crippen LogP contribution is -2.07. The molecule has 0 heterocycles. The van der Waals surface area contributed by atoms with E-state index >= 15 is 0 Å². The van der Waals surface area contributed by atoms with E-state index in [1.807, 2.05) is 25.1 Å². The van der Waals surface area contributed by atoms with Gasteiger partial charge in [-0.2, -0.15) is 0 Å². The number of hydrogen-bond donors (Lipinski definition) is 1. The predicted molar refractivity (Wildman–Crippen MR) is 84.3 cm³/mol. The predicted octanol–water partition coefficient (Wildman–Crippen LogP) is 5.18. The van der Waals surface area contributed by atoms with Crippen molar-refractivity contribution in [3.8, 4) is 0 Å². The Hall–Kier alpha value is -1.59. The molecular formula is C14H12BrClN2O2. The van der Waals surface area contributed by atoms with Gasteiger partial charge in [0, 0.05) is 33.4 Å². The molecule has 0 amide bonds. The van der Waals surface area contributed by atoms with Crippen LogP contribution in [0.25, 0.3) is 0 Å². The Morgan fingerprint density at radius 2 is 1.90 bits per heavy atom. The van der Waals surface area contributed by atoms with Crippen molar-refractivity contribution in [2.24, 2.45) is 0 Å². The van der Waals surface area contributed by atoms with Crippen molar-refractivity contribution in [3.63, 3.8) is 0 Å². The molecule has 0 saturated carbocycles. The van der Waals surface area contributed by atoms with Gasteiger partial charge in [-0.25, -0.2) is 0 Å². The van der Waals surface area contributed by atoms with Gasteiger partial charge >= 0.3 is 0 Å². The lowest BCUT2D eigenvalue weighted by molar-refractivity contribution is -0.384. The molecular weight excluding hydrogens is 344 g/mol. The molecule has 2 aromatic carbocycles. The van der Waals surface area contributed by atoms with E-state index in [9.17, 15) is 10.1 Å². The monoisotopic (exact) mass is 354 g/mol. The second kappa shape index (κ2) is 6.24. The van der Waals surface area contributed by atoms with Crippen molar-refractivity contribution >= 4 is 38.9 Å². The smallest absolute Gasteiger partial charge is 0.269 e. The zero-order chi connectivity index (χ0) is 14.7. The number of halogens is 2. The van der Waals surface area contributed by atoms with Crippen molar-refractivity contribution in [2.75, 3.05) is 5.32 Å². The van der Waals surface area contributed by atoms with E-state index in [0.717, 1.165) is 15.7 Å². The van der Waals surface area contributed by atoms with E-state index in [4.69, 9.17) is 11.6 Å². The second-order valence-corrected chi connectivity index (χ2v) is 5.66. The minimum Gasteiger partial charge on any atom is -0.378 e. The number of nitro groups is 1. The Morgan fingerprint density at radius 1 is 1.25 bits per heavy atom. The third-order valence-corrected chi connectivity index (χ3v) is 3.71. The van der Waals surface area contributed by atoms with Gasteiger partial charge in [-0.05, 0) is 36.8 Å². The maximum atomic E-state index is 10.6. The van der Waals surface area contributed by atoms with Gasteiger partial charge in [0.15, 0.2) is 0 Å². The van der Waals surface area contributed by atoms with Crippen molar-refractivity contribution in [1.29, 1.82) is 0 Å². The molecule has 4 nitrogen and oxygen atoms in total. The molecule has 0 aliphatic rings. The average molecular weight is 356 g/mol. The van der Waals surface area contributed by atoms with E-state index < -0.39 is 4.92 Å². The Bertz CT molecular complexity index is 632. The number of nitrogens with one attached hydrogen (secondary N) is 1. The quantitative estimate of drug-likeness (QED) is 0.607. The number of non-ortho nitro benzene ring substituents is 1. The molecule has 0 aromatic heterocycles. The van der Waals surface area contributed by atoms with Crippen LogP contribution in [0, 0.1) is 10.1 Å². The normalized spacial score (nSPS) is 11.9. The number of hydrogen-bond acceptors (Lipinski definition) is 3. The molecule has 2 rings (SSSR count). The summed E-state index contributed by atoms with van der Waals surface area (Å²) in [6, 6.07) is 12.0. The van der Waals surface area contributed by atoms with Gasteiger partial charge in [0.05, 0.1) is 4.92 Å². The van der Waals surface area contributed by atoms with Crippen molar-refractivity contribution in [1.82, 2.24) is 0 Å². The lowest BCUT2D eigenvalue weighted by atomic mass is 10.1. The second-order valence-electron chi connectivity index (χ2n) is 4.34. The fourth-order valence-corrected chi connectivity index (χ4v) is 2.70. The van der Waals surface area contributed by atoms with Gasteiger partial charge < -0.3 is 5.32 Å². The zero-order valence-electron chi connectivity index (χ0n) is 10.6. The summed E-state index contributed by atoms with van der Waals surface area (Å²) in [4.78, 5) is 10.2. The number of benzene rings is 2. The topological polar surface area (TPSA) is 55.2 Å². The van der Waals surface area contributed by atoms with E-state index in [0.29, 0.717) is 5.02 Å². The van der Waals surface area contributed by atoms with Gasteiger partial charge in [0.2, 0.25) is 0 Å². The standard InChI is InChI=1S/C14H12BrClN2O2/c1-9(13-7-2-10(15)8-14(13)16)17-11-3-5-12(6-4-11)18(19)20/h2-9,17H,1H3. The molecule has 104 valence electrons. The fourth-order valence-electron chi connectivity index (χ4n) is 1.86. The highest BCUT2D eigenvalue weighted by molar-refractivity contribution is 9.10. The maximum Gasteiger partial charge on any atom is 0.269 e. The molecule has 0 aliphatic carbocycles. The molecule has 0 aliphatic heterocycles. The molecule has 0 bridgehead atoms. The third-order valence-electron chi connectivity index (χ3n) is 2.89. The highest BCUT2D eigenvalue weighted by Gasteiger charge is 2.11. The van der Waals surface area contributed by atoms with Crippen LogP contribution in [0.4, 0.5) is 11.4 Å². The summed E-state index contributed by atoms with van der Waals surface area (Å²) in [7, 11) is 0. The Morgan fingerprint density at radius 3 is 2.45 bits per heavy atom. The molecule has 2 aromatic rings. The summed E-state index contributed by atoms with van der Waals surface area (Å²) in [5, 5.41) is 14.5. The van der Waals surface area contributed by atoms with E-state index in [1.54, 1.807) is 12.1 Å². The minimum atomic E-state index is -0.418. The van der Waals surface area contributed by atoms with Crippen LogP contribution < -0.4 is 5.32 Å². The first-order valence-corrected chi connectivity index (χ1v) is 7.10. The van der Waals surface area contributed by atoms with Crippen LogP contribution in [0.1, 0.15) is 18.5 Å². The molecule has 0 radical (unpaired) electrons. The summed E-state index contributed by atoms with van der Waals surface area (Å²) in [5.41, 5.74) is 1.85. The fraction of sp³-hybridized carbons (Fsp3) is 0.143. The Labute approximate surface area is 130 Å². The molecule has 0 fully saturated rings. The highest BCUT2D eigenvalue weighted by Crippen LogP contribution is 2.29. The molecule has 1 N–H and O–H groups in total. The van der Waals surface area contributed by atoms with E-state index in [1.165, 1.54) is 12.1 Å². The summed E-state index contributed by atoms with van der Waals surface area (Å²) < 4.78 is 0.925. The first-order valence-electron chi connectivity index (χ1n) is 5.93. The van der Waals surface area contributed by atoms with E-state index in [-0.39, 0.29) is 11.7 Å². The number of anilines is 1. The van der Waals surface area contributed by atoms with Crippen LogP contribution in [0.15, 0.2) is 46.9 Å². The van der Waals surface area contributed by atoms with Gasteiger partial charge in [-0.1, -0.05) is 33.6 Å². The van der Waals surface area contributed by atoms with Crippen molar-refractivity contribution < 1.29 is 4.92 Å².